The molecule has 0 aliphatic rings. The minimum absolute atomic E-state index is 0.0509. The first-order valence-corrected chi connectivity index (χ1v) is 10.9. The molecule has 0 saturated heterocycles. The number of hydrogen-bond acceptors (Lipinski definition) is 4. The zero-order chi connectivity index (χ0) is 21.3. The summed E-state index contributed by atoms with van der Waals surface area (Å²) in [5.41, 5.74) is 1.42. The minimum atomic E-state index is 0.0509. The molecule has 0 radical (unpaired) electrons. The van der Waals surface area contributed by atoms with Gasteiger partial charge in [0.2, 0.25) is 11.5 Å². The fourth-order valence-corrected chi connectivity index (χ4v) is 3.90. The number of phenolic OH excluding ortho intramolecular Hbond substituents is 2. The van der Waals surface area contributed by atoms with E-state index in [0.717, 1.165) is 30.2 Å². The van der Waals surface area contributed by atoms with Crippen molar-refractivity contribution in [3.8, 4) is 23.0 Å². The second-order valence-electron chi connectivity index (χ2n) is 8.87. The Balaban J connectivity index is 2.53. The first-order valence-electron chi connectivity index (χ1n) is 10.9. The van der Waals surface area contributed by atoms with Gasteiger partial charge in [-0.25, -0.2) is 0 Å². The lowest BCUT2D eigenvalue weighted by molar-refractivity contribution is 0.313. The first-order chi connectivity index (χ1) is 13.2. The molecule has 0 aliphatic carbocycles. The molecule has 0 fully saturated rings. The standard InChI is InChI=1S/C24H42O4/c1-16(2)10-8-11-17(3)12-9-13-18(4)14-15-20-19(5)21(25)23(27-6)24(28-7)22(20)26/h16-18,25-26H,8-15H2,1-7H3/t17-,18+/m0/s1. The molecule has 28 heavy (non-hydrogen) atoms. The van der Waals surface area contributed by atoms with Crippen molar-refractivity contribution in [3.05, 3.63) is 11.1 Å². The van der Waals surface area contributed by atoms with Gasteiger partial charge in [-0.3, -0.25) is 0 Å². The fraction of sp³-hybridized carbons (Fsp3) is 0.750. The molecule has 0 unspecified atom stereocenters. The summed E-state index contributed by atoms with van der Waals surface area (Å²) >= 11 is 0. The lowest BCUT2D eigenvalue weighted by atomic mass is 9.90. The van der Waals surface area contributed by atoms with Crippen LogP contribution in [0.2, 0.25) is 0 Å². The van der Waals surface area contributed by atoms with E-state index in [1.165, 1.54) is 52.7 Å². The maximum Gasteiger partial charge on any atom is 0.207 e. The fourth-order valence-electron chi connectivity index (χ4n) is 3.90. The van der Waals surface area contributed by atoms with Crippen molar-refractivity contribution < 1.29 is 19.7 Å². The van der Waals surface area contributed by atoms with E-state index < -0.39 is 0 Å². The average Bonchev–Trinajstić information content (AvgIpc) is 2.64. The third-order valence-electron chi connectivity index (χ3n) is 5.90. The van der Waals surface area contributed by atoms with E-state index in [1.807, 2.05) is 6.92 Å². The highest BCUT2D eigenvalue weighted by atomic mass is 16.5. The van der Waals surface area contributed by atoms with Crippen LogP contribution >= 0.6 is 0 Å². The molecule has 1 aromatic carbocycles. The highest BCUT2D eigenvalue weighted by molar-refractivity contribution is 5.65. The van der Waals surface area contributed by atoms with Crippen LogP contribution in [0.25, 0.3) is 0 Å². The molecular formula is C24H42O4. The Morgan fingerprint density at radius 2 is 1.18 bits per heavy atom. The quantitative estimate of drug-likeness (QED) is 0.369. The average molecular weight is 395 g/mol. The summed E-state index contributed by atoms with van der Waals surface area (Å²) in [6.07, 6.45) is 9.47. The van der Waals surface area contributed by atoms with Crippen LogP contribution in [0.3, 0.4) is 0 Å². The van der Waals surface area contributed by atoms with Crippen LogP contribution < -0.4 is 9.47 Å². The third kappa shape index (κ3) is 7.10. The van der Waals surface area contributed by atoms with E-state index in [1.54, 1.807) is 0 Å². The van der Waals surface area contributed by atoms with Gasteiger partial charge >= 0.3 is 0 Å². The van der Waals surface area contributed by atoms with Gasteiger partial charge in [-0.2, -0.15) is 0 Å². The molecular weight excluding hydrogens is 352 g/mol. The number of rotatable bonds is 13. The van der Waals surface area contributed by atoms with Gasteiger partial charge in [-0.15, -0.1) is 0 Å². The van der Waals surface area contributed by atoms with Gasteiger partial charge in [0.15, 0.2) is 11.5 Å². The number of benzene rings is 1. The van der Waals surface area contributed by atoms with Gasteiger partial charge in [-0.05, 0) is 37.5 Å². The third-order valence-corrected chi connectivity index (χ3v) is 5.90. The maximum atomic E-state index is 10.6. The lowest BCUT2D eigenvalue weighted by Crippen LogP contribution is -2.03. The molecule has 0 aliphatic heterocycles. The summed E-state index contributed by atoms with van der Waals surface area (Å²) in [4.78, 5) is 0. The molecule has 0 aromatic heterocycles. The molecule has 2 atom stereocenters. The van der Waals surface area contributed by atoms with Gasteiger partial charge < -0.3 is 19.7 Å². The molecule has 1 rings (SSSR count). The van der Waals surface area contributed by atoms with Crippen LogP contribution in [0.15, 0.2) is 0 Å². The monoisotopic (exact) mass is 394 g/mol. The summed E-state index contributed by atoms with van der Waals surface area (Å²) in [7, 11) is 2.93. The molecule has 0 bridgehead atoms. The molecule has 0 heterocycles. The molecule has 0 saturated carbocycles. The molecule has 4 heteroatoms. The van der Waals surface area contributed by atoms with Crippen molar-refractivity contribution in [3.63, 3.8) is 0 Å². The highest BCUT2D eigenvalue weighted by Gasteiger charge is 2.23. The van der Waals surface area contributed by atoms with Crippen LogP contribution in [0.5, 0.6) is 23.0 Å². The van der Waals surface area contributed by atoms with E-state index in [0.29, 0.717) is 11.5 Å². The van der Waals surface area contributed by atoms with Crippen molar-refractivity contribution in [2.75, 3.05) is 14.2 Å². The van der Waals surface area contributed by atoms with Crippen molar-refractivity contribution in [2.24, 2.45) is 17.8 Å². The van der Waals surface area contributed by atoms with E-state index in [2.05, 4.69) is 27.7 Å². The maximum absolute atomic E-state index is 10.6. The Labute approximate surface area is 172 Å². The molecule has 2 N–H and O–H groups in total. The zero-order valence-electron chi connectivity index (χ0n) is 19.1. The summed E-state index contributed by atoms with van der Waals surface area (Å²) in [5.74, 6) is 2.74. The van der Waals surface area contributed by atoms with E-state index in [-0.39, 0.29) is 23.0 Å². The molecule has 4 nitrogen and oxygen atoms in total. The van der Waals surface area contributed by atoms with Crippen molar-refractivity contribution in [2.45, 2.75) is 86.0 Å². The summed E-state index contributed by atoms with van der Waals surface area (Å²) < 4.78 is 10.4. The van der Waals surface area contributed by atoms with Crippen molar-refractivity contribution in [1.29, 1.82) is 0 Å². The Morgan fingerprint density at radius 3 is 1.68 bits per heavy atom. The lowest BCUT2D eigenvalue weighted by Gasteiger charge is -2.19. The summed E-state index contributed by atoms with van der Waals surface area (Å²) in [6, 6.07) is 0. The molecule has 162 valence electrons. The SMILES string of the molecule is COc1c(O)c(C)c(CC[C@H](C)CCC[C@@H](C)CCCC(C)C)c(O)c1OC. The van der Waals surface area contributed by atoms with Crippen LogP contribution in [-0.4, -0.2) is 24.4 Å². The number of hydrogen-bond donors (Lipinski definition) is 2. The smallest absolute Gasteiger partial charge is 0.207 e. The molecule has 0 spiro atoms. The van der Waals surface area contributed by atoms with Crippen LogP contribution in [-0.2, 0) is 6.42 Å². The normalized spacial score (nSPS) is 13.6. The number of aromatic hydroxyl groups is 2. The van der Waals surface area contributed by atoms with Gasteiger partial charge in [0, 0.05) is 11.1 Å². The largest absolute Gasteiger partial charge is 0.504 e. The van der Waals surface area contributed by atoms with Crippen molar-refractivity contribution in [1.82, 2.24) is 0 Å². The van der Waals surface area contributed by atoms with E-state index in [4.69, 9.17) is 9.47 Å². The minimum Gasteiger partial charge on any atom is -0.504 e. The predicted octanol–water partition coefficient (Wildman–Crippen LogP) is 6.62. The molecule has 0 amide bonds. The topological polar surface area (TPSA) is 58.9 Å². The Hall–Kier alpha value is -1.58. The Kier molecular flexibility index (Phi) is 10.6. The summed E-state index contributed by atoms with van der Waals surface area (Å²) in [6.45, 7) is 11.1. The van der Waals surface area contributed by atoms with Crippen LogP contribution in [0.1, 0.15) is 83.8 Å². The predicted molar refractivity (Wildman–Crippen MR) is 117 cm³/mol. The van der Waals surface area contributed by atoms with Gasteiger partial charge in [0.05, 0.1) is 14.2 Å². The first kappa shape index (κ1) is 24.5. The van der Waals surface area contributed by atoms with Crippen molar-refractivity contribution >= 4 is 0 Å². The Morgan fingerprint density at radius 1 is 0.714 bits per heavy atom. The van der Waals surface area contributed by atoms with Gasteiger partial charge in [0.25, 0.3) is 0 Å². The zero-order valence-corrected chi connectivity index (χ0v) is 19.1. The number of methoxy groups -OCH3 is 2. The Bertz CT molecular complexity index is 595. The second kappa shape index (κ2) is 12.1. The second-order valence-corrected chi connectivity index (χ2v) is 8.87. The number of ether oxygens (including phenoxy) is 2. The number of phenols is 2. The van der Waals surface area contributed by atoms with E-state index >= 15 is 0 Å². The van der Waals surface area contributed by atoms with Gasteiger partial charge in [0.1, 0.15) is 0 Å². The van der Waals surface area contributed by atoms with Crippen LogP contribution in [0.4, 0.5) is 0 Å². The van der Waals surface area contributed by atoms with E-state index in [9.17, 15) is 10.2 Å². The van der Waals surface area contributed by atoms with Gasteiger partial charge in [-0.1, -0.05) is 66.2 Å². The van der Waals surface area contributed by atoms with Crippen LogP contribution in [0, 0.1) is 24.7 Å². The molecule has 1 aromatic rings. The summed E-state index contributed by atoms with van der Waals surface area (Å²) in [5, 5.41) is 20.9. The highest BCUT2D eigenvalue weighted by Crippen LogP contribution is 2.48.